The molecule has 170 valence electrons. The molecule has 2 amide bonds. The summed E-state index contributed by atoms with van der Waals surface area (Å²) in [7, 11) is 0. The number of pyridine rings is 1. The van der Waals surface area contributed by atoms with Gasteiger partial charge in [-0.3, -0.25) is 14.6 Å². The lowest BCUT2D eigenvalue weighted by atomic mass is 9.72. The molecule has 0 bridgehead atoms. The maximum Gasteiger partial charge on any atom is 0.251 e. The zero-order valence-corrected chi connectivity index (χ0v) is 19.0. The Morgan fingerprint density at radius 2 is 1.75 bits per heavy atom. The fraction of sp³-hybridized carbons (Fsp3) is 0.500. The van der Waals surface area contributed by atoms with Crippen LogP contribution in [0.25, 0.3) is 11.1 Å². The van der Waals surface area contributed by atoms with Crippen LogP contribution in [0, 0.1) is 5.41 Å². The molecular weight excluding hydrogens is 402 g/mol. The Bertz CT molecular complexity index is 913. The second-order valence-corrected chi connectivity index (χ2v) is 9.35. The van der Waals surface area contributed by atoms with E-state index in [1.807, 2.05) is 30.9 Å². The molecule has 1 aromatic carbocycles. The summed E-state index contributed by atoms with van der Waals surface area (Å²) in [5, 5.41) is 3.14. The van der Waals surface area contributed by atoms with Crippen LogP contribution < -0.4 is 5.32 Å². The number of benzene rings is 1. The van der Waals surface area contributed by atoms with Gasteiger partial charge in [-0.1, -0.05) is 24.3 Å². The van der Waals surface area contributed by atoms with Crippen molar-refractivity contribution in [3.63, 3.8) is 0 Å². The molecule has 1 atom stereocenters. The summed E-state index contributed by atoms with van der Waals surface area (Å²) in [6.45, 7) is 5.84. The molecule has 0 spiro atoms. The van der Waals surface area contributed by atoms with Gasteiger partial charge in [0.15, 0.2) is 0 Å². The molecule has 6 heteroatoms. The van der Waals surface area contributed by atoms with Gasteiger partial charge in [-0.2, -0.15) is 0 Å². The topological polar surface area (TPSA) is 71.5 Å². The molecule has 6 nitrogen and oxygen atoms in total. The third-order valence-electron chi connectivity index (χ3n) is 6.65. The zero-order valence-electron chi connectivity index (χ0n) is 19.0. The first-order chi connectivity index (χ1) is 15.5. The standard InChI is InChI=1S/C26H33N3O3/c1-19(2)28-25(31)26(11-15-29(16-12-26)24(30)23-4-3-17-32-23)18-20-5-7-21(8-6-20)22-9-13-27-14-10-22/h5-10,13-14,19,23H,3-4,11-12,15-18H2,1-2H3,(H,28,31)/t23-/m1/s1. The maximum absolute atomic E-state index is 13.3. The van der Waals surface area contributed by atoms with Gasteiger partial charge in [0.1, 0.15) is 6.10 Å². The van der Waals surface area contributed by atoms with E-state index in [1.165, 1.54) is 0 Å². The number of amides is 2. The lowest BCUT2D eigenvalue weighted by Crippen LogP contribution is -2.53. The zero-order chi connectivity index (χ0) is 22.6. The first kappa shape index (κ1) is 22.5. The lowest BCUT2D eigenvalue weighted by Gasteiger charge is -2.41. The van der Waals surface area contributed by atoms with Crippen molar-refractivity contribution in [3.8, 4) is 11.1 Å². The van der Waals surface area contributed by atoms with Crippen LogP contribution in [0.3, 0.4) is 0 Å². The number of carbonyl (C=O) groups excluding carboxylic acids is 2. The molecule has 1 aromatic heterocycles. The Kier molecular flexibility index (Phi) is 6.89. The molecule has 3 heterocycles. The summed E-state index contributed by atoms with van der Waals surface area (Å²) in [6.07, 6.45) is 7.03. The van der Waals surface area contributed by atoms with Gasteiger partial charge in [0, 0.05) is 38.1 Å². The minimum Gasteiger partial charge on any atom is -0.368 e. The van der Waals surface area contributed by atoms with Crippen LogP contribution in [0.15, 0.2) is 48.8 Å². The van der Waals surface area contributed by atoms with Crippen LogP contribution in [-0.2, 0) is 20.7 Å². The van der Waals surface area contributed by atoms with E-state index in [0.29, 0.717) is 39.0 Å². The van der Waals surface area contributed by atoms with Crippen molar-refractivity contribution >= 4 is 11.8 Å². The number of piperidine rings is 1. The van der Waals surface area contributed by atoms with Crippen LogP contribution in [0.1, 0.15) is 45.1 Å². The number of ether oxygens (including phenoxy) is 1. The molecule has 32 heavy (non-hydrogen) atoms. The van der Waals surface area contributed by atoms with Crippen LogP contribution in [0.4, 0.5) is 0 Å². The Labute approximate surface area is 190 Å². The average Bonchev–Trinajstić information content (AvgIpc) is 3.35. The minimum atomic E-state index is -0.504. The number of hydrogen-bond acceptors (Lipinski definition) is 4. The van der Waals surface area contributed by atoms with E-state index in [1.54, 1.807) is 12.4 Å². The van der Waals surface area contributed by atoms with Crippen molar-refractivity contribution in [2.75, 3.05) is 19.7 Å². The predicted octanol–water partition coefficient (Wildman–Crippen LogP) is 3.60. The van der Waals surface area contributed by atoms with Gasteiger partial charge in [-0.05, 0) is 74.8 Å². The SMILES string of the molecule is CC(C)NC(=O)C1(Cc2ccc(-c3ccncc3)cc2)CCN(C(=O)[C@H]2CCCO2)CC1. The molecule has 1 N–H and O–H groups in total. The van der Waals surface area contributed by atoms with Gasteiger partial charge < -0.3 is 15.0 Å². The summed E-state index contributed by atoms with van der Waals surface area (Å²) in [6, 6.07) is 12.5. The number of rotatable bonds is 6. The van der Waals surface area contributed by atoms with Crippen molar-refractivity contribution in [2.45, 2.75) is 58.1 Å². The highest BCUT2D eigenvalue weighted by molar-refractivity contribution is 5.85. The normalized spacial score (nSPS) is 20.3. The van der Waals surface area contributed by atoms with Gasteiger partial charge in [-0.25, -0.2) is 0 Å². The monoisotopic (exact) mass is 435 g/mol. The van der Waals surface area contributed by atoms with E-state index in [-0.39, 0.29) is 24.0 Å². The maximum atomic E-state index is 13.3. The van der Waals surface area contributed by atoms with Crippen LogP contribution in [-0.4, -0.2) is 53.5 Å². The average molecular weight is 436 g/mol. The third-order valence-corrected chi connectivity index (χ3v) is 6.65. The highest BCUT2D eigenvalue weighted by Gasteiger charge is 2.43. The van der Waals surface area contributed by atoms with Gasteiger partial charge >= 0.3 is 0 Å². The summed E-state index contributed by atoms with van der Waals surface area (Å²) in [5.74, 6) is 0.178. The molecule has 0 unspecified atom stereocenters. The molecular formula is C26H33N3O3. The molecule has 2 fully saturated rings. The van der Waals surface area contributed by atoms with E-state index in [0.717, 1.165) is 29.5 Å². The first-order valence-electron chi connectivity index (χ1n) is 11.7. The Balaban J connectivity index is 1.48. The molecule has 2 aliphatic rings. The number of likely N-dealkylation sites (tertiary alicyclic amines) is 1. The van der Waals surface area contributed by atoms with Crippen molar-refractivity contribution in [1.29, 1.82) is 0 Å². The van der Waals surface area contributed by atoms with Crippen molar-refractivity contribution in [3.05, 3.63) is 54.4 Å². The molecule has 0 radical (unpaired) electrons. The van der Waals surface area contributed by atoms with E-state index in [2.05, 4.69) is 34.6 Å². The van der Waals surface area contributed by atoms with Gasteiger partial charge in [-0.15, -0.1) is 0 Å². The van der Waals surface area contributed by atoms with Gasteiger partial charge in [0.25, 0.3) is 5.91 Å². The highest BCUT2D eigenvalue weighted by atomic mass is 16.5. The number of carbonyl (C=O) groups is 2. The number of hydrogen-bond donors (Lipinski definition) is 1. The summed E-state index contributed by atoms with van der Waals surface area (Å²) >= 11 is 0. The smallest absolute Gasteiger partial charge is 0.251 e. The molecule has 2 saturated heterocycles. The fourth-order valence-electron chi connectivity index (χ4n) is 4.78. The Morgan fingerprint density at radius 3 is 2.34 bits per heavy atom. The van der Waals surface area contributed by atoms with E-state index < -0.39 is 5.41 Å². The molecule has 0 aliphatic carbocycles. The number of aromatic nitrogens is 1. The van der Waals surface area contributed by atoms with E-state index in [4.69, 9.17) is 4.74 Å². The second kappa shape index (κ2) is 9.82. The molecule has 2 aromatic rings. The second-order valence-electron chi connectivity index (χ2n) is 9.35. The highest BCUT2D eigenvalue weighted by Crippen LogP contribution is 2.37. The van der Waals surface area contributed by atoms with Crippen molar-refractivity contribution in [1.82, 2.24) is 15.2 Å². The molecule has 2 aliphatic heterocycles. The lowest BCUT2D eigenvalue weighted by molar-refractivity contribution is -0.147. The van der Waals surface area contributed by atoms with Crippen molar-refractivity contribution in [2.24, 2.45) is 5.41 Å². The predicted molar refractivity (Wildman–Crippen MR) is 124 cm³/mol. The van der Waals surface area contributed by atoms with Gasteiger partial charge in [0.05, 0.1) is 5.41 Å². The number of nitrogens with one attached hydrogen (secondary N) is 1. The van der Waals surface area contributed by atoms with E-state index >= 15 is 0 Å². The fourth-order valence-corrected chi connectivity index (χ4v) is 4.78. The summed E-state index contributed by atoms with van der Waals surface area (Å²) < 4.78 is 5.59. The Morgan fingerprint density at radius 1 is 1.09 bits per heavy atom. The Hall–Kier alpha value is -2.73. The van der Waals surface area contributed by atoms with E-state index in [9.17, 15) is 9.59 Å². The minimum absolute atomic E-state index is 0.0833. The summed E-state index contributed by atoms with van der Waals surface area (Å²) in [5.41, 5.74) is 2.89. The quantitative estimate of drug-likeness (QED) is 0.753. The molecule has 0 saturated carbocycles. The van der Waals surface area contributed by atoms with Crippen LogP contribution in [0.2, 0.25) is 0 Å². The molecule has 4 rings (SSSR count). The van der Waals surface area contributed by atoms with Crippen LogP contribution in [0.5, 0.6) is 0 Å². The van der Waals surface area contributed by atoms with Crippen LogP contribution >= 0.6 is 0 Å². The van der Waals surface area contributed by atoms with Gasteiger partial charge in [0.2, 0.25) is 5.91 Å². The third kappa shape index (κ3) is 5.01. The number of nitrogens with zero attached hydrogens (tertiary/aromatic N) is 2. The van der Waals surface area contributed by atoms with Crippen molar-refractivity contribution < 1.29 is 14.3 Å². The first-order valence-corrected chi connectivity index (χ1v) is 11.7. The largest absolute Gasteiger partial charge is 0.368 e. The summed E-state index contributed by atoms with van der Waals surface area (Å²) in [4.78, 5) is 32.1.